The number of benzene rings is 3. The van der Waals surface area contributed by atoms with Gasteiger partial charge in [0.2, 0.25) is 5.91 Å². The molecule has 0 aliphatic carbocycles. The first kappa shape index (κ1) is 26.7. The van der Waals surface area contributed by atoms with Crippen LogP contribution in [0.3, 0.4) is 0 Å². The number of unbranched alkanes of at least 4 members (excludes halogenated alkanes) is 1. The Morgan fingerprint density at radius 2 is 1.66 bits per heavy atom. The molecular formula is C29H33IN2O3. The number of nitrogens with zero attached hydrogens (tertiary/aromatic N) is 1. The van der Waals surface area contributed by atoms with E-state index < -0.39 is 6.04 Å². The minimum Gasteiger partial charge on any atom is -0.484 e. The molecule has 1 unspecified atom stereocenters. The summed E-state index contributed by atoms with van der Waals surface area (Å²) >= 11 is 2.23. The first-order valence-electron chi connectivity index (χ1n) is 12.0. The summed E-state index contributed by atoms with van der Waals surface area (Å²) < 4.78 is 6.92. The predicted molar refractivity (Wildman–Crippen MR) is 148 cm³/mol. The van der Waals surface area contributed by atoms with Crippen LogP contribution in [0.1, 0.15) is 36.5 Å². The highest BCUT2D eigenvalue weighted by atomic mass is 127. The molecule has 35 heavy (non-hydrogen) atoms. The summed E-state index contributed by atoms with van der Waals surface area (Å²) in [5.74, 6) is 0.262. The summed E-state index contributed by atoms with van der Waals surface area (Å²) in [6.07, 6.45) is 2.31. The number of rotatable bonds is 12. The molecule has 1 N–H and O–H groups in total. The third-order valence-electron chi connectivity index (χ3n) is 5.88. The van der Waals surface area contributed by atoms with Crippen LogP contribution in [0.4, 0.5) is 0 Å². The number of amides is 2. The van der Waals surface area contributed by atoms with Gasteiger partial charge in [0.05, 0.1) is 0 Å². The fourth-order valence-corrected chi connectivity index (χ4v) is 4.15. The average molecular weight is 584 g/mol. The van der Waals surface area contributed by atoms with Crippen LogP contribution in [0.25, 0.3) is 0 Å². The molecule has 0 aliphatic heterocycles. The molecule has 184 valence electrons. The van der Waals surface area contributed by atoms with E-state index in [1.165, 1.54) is 0 Å². The average Bonchev–Trinajstić information content (AvgIpc) is 2.87. The van der Waals surface area contributed by atoms with Crippen LogP contribution in [-0.2, 0) is 22.6 Å². The Kier molecular flexibility index (Phi) is 10.6. The van der Waals surface area contributed by atoms with Gasteiger partial charge in [-0.05, 0) is 76.9 Å². The zero-order valence-corrected chi connectivity index (χ0v) is 22.5. The lowest BCUT2D eigenvalue weighted by Crippen LogP contribution is -2.52. The molecule has 0 heterocycles. The maximum atomic E-state index is 13.6. The summed E-state index contributed by atoms with van der Waals surface area (Å²) in [5.41, 5.74) is 3.09. The third kappa shape index (κ3) is 8.38. The SMILES string of the molecule is CCCCNC(=O)C(Cc1ccccc1)N(Cc1ccccc1C)C(=O)COc1ccc(I)cc1. The van der Waals surface area contributed by atoms with E-state index in [1.54, 1.807) is 4.90 Å². The van der Waals surface area contributed by atoms with E-state index in [-0.39, 0.29) is 18.4 Å². The summed E-state index contributed by atoms with van der Waals surface area (Å²) in [5, 5.41) is 3.05. The van der Waals surface area contributed by atoms with Crippen LogP contribution < -0.4 is 10.1 Å². The number of carbonyl (C=O) groups is 2. The smallest absolute Gasteiger partial charge is 0.261 e. The Bertz CT molecular complexity index is 1090. The molecule has 0 radical (unpaired) electrons. The molecule has 0 aliphatic rings. The second kappa shape index (κ2) is 13.9. The van der Waals surface area contributed by atoms with Gasteiger partial charge in [0.15, 0.2) is 6.61 Å². The predicted octanol–water partition coefficient (Wildman–Crippen LogP) is 5.53. The second-order valence-electron chi connectivity index (χ2n) is 8.54. The number of aryl methyl sites for hydroxylation is 1. The van der Waals surface area contributed by atoms with Crippen molar-refractivity contribution in [2.75, 3.05) is 13.2 Å². The van der Waals surface area contributed by atoms with Gasteiger partial charge >= 0.3 is 0 Å². The highest BCUT2D eigenvalue weighted by Gasteiger charge is 2.30. The van der Waals surface area contributed by atoms with Crippen molar-refractivity contribution >= 4 is 34.4 Å². The van der Waals surface area contributed by atoms with Gasteiger partial charge in [-0.3, -0.25) is 9.59 Å². The van der Waals surface area contributed by atoms with Gasteiger partial charge in [-0.2, -0.15) is 0 Å². The summed E-state index contributed by atoms with van der Waals surface area (Å²) in [4.78, 5) is 28.7. The van der Waals surface area contributed by atoms with Gasteiger partial charge in [0.25, 0.3) is 5.91 Å². The zero-order valence-electron chi connectivity index (χ0n) is 20.4. The molecule has 3 aromatic rings. The van der Waals surface area contributed by atoms with Crippen molar-refractivity contribution < 1.29 is 14.3 Å². The lowest BCUT2D eigenvalue weighted by atomic mass is 10.0. The number of halogens is 1. The number of ether oxygens (including phenoxy) is 1. The maximum Gasteiger partial charge on any atom is 0.261 e. The first-order valence-corrected chi connectivity index (χ1v) is 13.1. The van der Waals surface area contributed by atoms with Crippen molar-refractivity contribution in [2.24, 2.45) is 0 Å². The Morgan fingerprint density at radius 1 is 0.971 bits per heavy atom. The molecule has 1 atom stereocenters. The molecule has 0 saturated carbocycles. The van der Waals surface area contributed by atoms with Crippen LogP contribution in [0, 0.1) is 10.5 Å². The van der Waals surface area contributed by atoms with Crippen LogP contribution in [0.5, 0.6) is 5.75 Å². The van der Waals surface area contributed by atoms with Gasteiger partial charge in [0, 0.05) is 23.1 Å². The van der Waals surface area contributed by atoms with Crippen molar-refractivity contribution in [2.45, 2.75) is 45.7 Å². The van der Waals surface area contributed by atoms with Crippen LogP contribution in [0.2, 0.25) is 0 Å². The Balaban J connectivity index is 1.88. The quantitative estimate of drug-likeness (QED) is 0.225. The summed E-state index contributed by atoms with van der Waals surface area (Å²) in [6.45, 7) is 4.89. The Labute approximate surface area is 222 Å². The maximum absolute atomic E-state index is 13.6. The summed E-state index contributed by atoms with van der Waals surface area (Å²) in [7, 11) is 0. The third-order valence-corrected chi connectivity index (χ3v) is 6.60. The van der Waals surface area contributed by atoms with Gasteiger partial charge < -0.3 is 15.0 Å². The molecule has 0 bridgehead atoms. The minimum atomic E-state index is -0.651. The minimum absolute atomic E-state index is 0.139. The fourth-order valence-electron chi connectivity index (χ4n) is 3.79. The molecule has 3 rings (SSSR count). The number of hydrogen-bond donors (Lipinski definition) is 1. The Hall–Kier alpha value is -2.87. The molecule has 6 heteroatoms. The number of nitrogens with one attached hydrogen (secondary N) is 1. The Morgan fingerprint density at radius 3 is 2.34 bits per heavy atom. The van der Waals surface area contributed by atoms with Crippen LogP contribution >= 0.6 is 22.6 Å². The van der Waals surface area contributed by atoms with Crippen molar-refractivity contribution in [3.8, 4) is 5.75 Å². The van der Waals surface area contributed by atoms with Crippen LogP contribution in [0.15, 0.2) is 78.9 Å². The molecular weight excluding hydrogens is 551 g/mol. The van der Waals surface area contributed by atoms with Gasteiger partial charge in [-0.1, -0.05) is 67.9 Å². The van der Waals surface area contributed by atoms with E-state index >= 15 is 0 Å². The standard InChI is InChI=1S/C29H33IN2O3/c1-3-4-18-31-29(34)27(19-23-11-6-5-7-12-23)32(20-24-13-9-8-10-22(24)2)28(33)21-35-26-16-14-25(30)15-17-26/h5-17,27H,3-4,18-21H2,1-2H3,(H,31,34). The van der Waals surface area contributed by atoms with E-state index in [0.29, 0.717) is 25.3 Å². The molecule has 0 spiro atoms. The first-order chi connectivity index (χ1) is 17.0. The van der Waals surface area contributed by atoms with Crippen molar-refractivity contribution in [3.63, 3.8) is 0 Å². The number of carbonyl (C=O) groups excluding carboxylic acids is 2. The molecule has 3 aromatic carbocycles. The highest BCUT2D eigenvalue weighted by Crippen LogP contribution is 2.18. The lowest BCUT2D eigenvalue weighted by molar-refractivity contribution is -0.142. The zero-order chi connectivity index (χ0) is 25.0. The van der Waals surface area contributed by atoms with Gasteiger partial charge in [-0.25, -0.2) is 0 Å². The van der Waals surface area contributed by atoms with Crippen LogP contribution in [-0.4, -0.2) is 35.9 Å². The monoisotopic (exact) mass is 584 g/mol. The summed E-state index contributed by atoms with van der Waals surface area (Å²) in [6, 6.07) is 24.7. The normalized spacial score (nSPS) is 11.5. The van der Waals surface area contributed by atoms with Crippen molar-refractivity contribution in [1.29, 1.82) is 0 Å². The van der Waals surface area contributed by atoms with Gasteiger partial charge in [0.1, 0.15) is 11.8 Å². The molecule has 5 nitrogen and oxygen atoms in total. The van der Waals surface area contributed by atoms with Crippen molar-refractivity contribution in [1.82, 2.24) is 10.2 Å². The van der Waals surface area contributed by atoms with Crippen molar-refractivity contribution in [3.05, 3.63) is 99.1 Å². The molecule has 0 aromatic heterocycles. The molecule has 0 saturated heterocycles. The van der Waals surface area contributed by atoms with E-state index in [1.807, 2.05) is 85.8 Å². The van der Waals surface area contributed by atoms with E-state index in [4.69, 9.17) is 4.74 Å². The molecule has 2 amide bonds. The largest absolute Gasteiger partial charge is 0.484 e. The topological polar surface area (TPSA) is 58.6 Å². The lowest BCUT2D eigenvalue weighted by Gasteiger charge is -2.32. The van der Waals surface area contributed by atoms with Gasteiger partial charge in [-0.15, -0.1) is 0 Å². The van der Waals surface area contributed by atoms with E-state index in [0.717, 1.165) is 33.1 Å². The second-order valence-corrected chi connectivity index (χ2v) is 9.79. The molecule has 0 fully saturated rings. The number of hydrogen-bond acceptors (Lipinski definition) is 3. The van der Waals surface area contributed by atoms with E-state index in [9.17, 15) is 9.59 Å². The highest BCUT2D eigenvalue weighted by molar-refractivity contribution is 14.1. The fraction of sp³-hybridized carbons (Fsp3) is 0.310. The van der Waals surface area contributed by atoms with E-state index in [2.05, 4.69) is 34.8 Å².